The molecule has 22 heavy (non-hydrogen) atoms. The van der Waals surface area contributed by atoms with E-state index in [0.29, 0.717) is 13.1 Å². The Kier molecular flexibility index (Phi) is 7.99. The smallest absolute Gasteiger partial charge is 0.227 e. The van der Waals surface area contributed by atoms with Gasteiger partial charge in [0.2, 0.25) is 5.91 Å². The van der Waals surface area contributed by atoms with Gasteiger partial charge in [-0.1, -0.05) is 18.2 Å². The normalized spacial score (nSPS) is 17.2. The van der Waals surface area contributed by atoms with Crippen LogP contribution >= 0.6 is 12.4 Å². The lowest BCUT2D eigenvalue weighted by Crippen LogP contribution is -2.42. The number of carbonyl (C=O) groups excluding carboxylic acids is 1. The van der Waals surface area contributed by atoms with E-state index in [1.807, 2.05) is 29.2 Å². The summed E-state index contributed by atoms with van der Waals surface area (Å²) < 4.78 is 5.16. The Morgan fingerprint density at radius 3 is 2.73 bits per heavy atom. The predicted octanol–water partition coefficient (Wildman–Crippen LogP) is 2.63. The SMILES string of the molecule is C=CCN(Cc1ccc(OC)cc1)C(=O)C1CCCNC1.Cl. The van der Waals surface area contributed by atoms with Gasteiger partial charge in [-0.15, -0.1) is 19.0 Å². The number of benzene rings is 1. The molecule has 1 aliphatic heterocycles. The van der Waals surface area contributed by atoms with Crippen LogP contribution in [-0.4, -0.2) is 37.6 Å². The highest BCUT2D eigenvalue weighted by atomic mass is 35.5. The molecule has 0 spiro atoms. The number of hydrogen-bond donors (Lipinski definition) is 1. The molecule has 4 nitrogen and oxygen atoms in total. The number of hydrogen-bond acceptors (Lipinski definition) is 3. The molecule has 1 saturated heterocycles. The molecule has 1 fully saturated rings. The lowest BCUT2D eigenvalue weighted by Gasteiger charge is -2.29. The molecule has 1 heterocycles. The number of nitrogens with zero attached hydrogens (tertiary/aromatic N) is 1. The van der Waals surface area contributed by atoms with Crippen LogP contribution in [0.4, 0.5) is 0 Å². The summed E-state index contributed by atoms with van der Waals surface area (Å²) in [6.07, 6.45) is 3.83. The lowest BCUT2D eigenvalue weighted by molar-refractivity contribution is -0.136. The van der Waals surface area contributed by atoms with Crippen molar-refractivity contribution in [3.05, 3.63) is 42.5 Å². The number of nitrogens with one attached hydrogen (secondary N) is 1. The molecule has 1 aliphatic rings. The van der Waals surface area contributed by atoms with Crippen molar-refractivity contribution in [1.82, 2.24) is 10.2 Å². The molecule has 0 aliphatic carbocycles. The molecule has 1 N–H and O–H groups in total. The van der Waals surface area contributed by atoms with Crippen molar-refractivity contribution < 1.29 is 9.53 Å². The molecule has 0 bridgehead atoms. The number of piperidine rings is 1. The van der Waals surface area contributed by atoms with E-state index in [1.165, 1.54) is 0 Å². The van der Waals surface area contributed by atoms with Crippen LogP contribution in [0.15, 0.2) is 36.9 Å². The van der Waals surface area contributed by atoms with Crippen molar-refractivity contribution in [3.63, 3.8) is 0 Å². The second kappa shape index (κ2) is 9.49. The van der Waals surface area contributed by atoms with Crippen LogP contribution in [-0.2, 0) is 11.3 Å². The Morgan fingerprint density at radius 1 is 1.45 bits per heavy atom. The maximum atomic E-state index is 12.6. The van der Waals surface area contributed by atoms with Crippen molar-refractivity contribution >= 4 is 18.3 Å². The van der Waals surface area contributed by atoms with Crippen molar-refractivity contribution in [2.24, 2.45) is 5.92 Å². The van der Waals surface area contributed by atoms with Crippen LogP contribution in [0.5, 0.6) is 5.75 Å². The minimum atomic E-state index is 0. The van der Waals surface area contributed by atoms with Crippen LogP contribution in [0, 0.1) is 5.92 Å². The predicted molar refractivity (Wildman–Crippen MR) is 91.4 cm³/mol. The average Bonchev–Trinajstić information content (AvgIpc) is 2.55. The molecular weight excluding hydrogens is 300 g/mol. The molecule has 1 amide bonds. The molecule has 122 valence electrons. The van der Waals surface area contributed by atoms with Crippen LogP contribution in [0.2, 0.25) is 0 Å². The molecule has 2 rings (SSSR count). The highest BCUT2D eigenvalue weighted by molar-refractivity contribution is 5.85. The summed E-state index contributed by atoms with van der Waals surface area (Å²) in [5, 5.41) is 3.30. The van der Waals surface area contributed by atoms with E-state index < -0.39 is 0 Å². The van der Waals surface area contributed by atoms with E-state index in [0.717, 1.165) is 37.2 Å². The third kappa shape index (κ3) is 5.04. The number of halogens is 1. The largest absolute Gasteiger partial charge is 0.497 e. The number of amides is 1. The topological polar surface area (TPSA) is 41.6 Å². The van der Waals surface area contributed by atoms with Gasteiger partial charge in [0.05, 0.1) is 13.0 Å². The summed E-state index contributed by atoms with van der Waals surface area (Å²) in [6, 6.07) is 7.85. The van der Waals surface area contributed by atoms with Crippen molar-refractivity contribution in [3.8, 4) is 5.75 Å². The van der Waals surface area contributed by atoms with E-state index in [2.05, 4.69) is 11.9 Å². The lowest BCUT2D eigenvalue weighted by atomic mass is 9.98. The second-order valence-electron chi connectivity index (χ2n) is 5.40. The van der Waals surface area contributed by atoms with E-state index in [-0.39, 0.29) is 24.2 Å². The Balaban J connectivity index is 0.00000242. The Labute approximate surface area is 138 Å². The van der Waals surface area contributed by atoms with E-state index in [4.69, 9.17) is 4.74 Å². The van der Waals surface area contributed by atoms with Crippen LogP contribution in [0.3, 0.4) is 0 Å². The van der Waals surface area contributed by atoms with Crippen molar-refractivity contribution in [2.75, 3.05) is 26.7 Å². The standard InChI is InChI=1S/C17H24N2O2.ClH/c1-3-11-19(17(20)15-5-4-10-18-12-15)13-14-6-8-16(21-2)9-7-14;/h3,6-9,15,18H,1,4-5,10-13H2,2H3;1H. The summed E-state index contributed by atoms with van der Waals surface area (Å²) in [5.41, 5.74) is 1.11. The third-order valence-corrected chi connectivity index (χ3v) is 3.84. The zero-order valence-corrected chi connectivity index (χ0v) is 13.9. The zero-order valence-electron chi connectivity index (χ0n) is 13.1. The number of carbonyl (C=O) groups is 1. The van der Waals surface area contributed by atoms with Gasteiger partial charge in [-0.2, -0.15) is 0 Å². The maximum absolute atomic E-state index is 12.6. The monoisotopic (exact) mass is 324 g/mol. The first-order chi connectivity index (χ1) is 10.2. The zero-order chi connectivity index (χ0) is 15.1. The molecule has 0 saturated carbocycles. The minimum Gasteiger partial charge on any atom is -0.497 e. The molecule has 0 radical (unpaired) electrons. The van der Waals surface area contributed by atoms with Gasteiger partial charge in [-0.3, -0.25) is 4.79 Å². The fourth-order valence-electron chi connectivity index (χ4n) is 2.66. The number of methoxy groups -OCH3 is 1. The highest BCUT2D eigenvalue weighted by Gasteiger charge is 2.25. The van der Waals surface area contributed by atoms with E-state index >= 15 is 0 Å². The molecule has 0 aromatic heterocycles. The summed E-state index contributed by atoms with van der Waals surface area (Å²) in [6.45, 7) is 6.77. The van der Waals surface area contributed by atoms with Gasteiger partial charge in [-0.05, 0) is 37.1 Å². The van der Waals surface area contributed by atoms with Gasteiger partial charge in [0.1, 0.15) is 5.75 Å². The van der Waals surface area contributed by atoms with Gasteiger partial charge in [0.25, 0.3) is 0 Å². The van der Waals surface area contributed by atoms with Gasteiger partial charge >= 0.3 is 0 Å². The van der Waals surface area contributed by atoms with Crippen LogP contribution < -0.4 is 10.1 Å². The first-order valence-corrected chi connectivity index (χ1v) is 7.48. The van der Waals surface area contributed by atoms with Crippen molar-refractivity contribution in [2.45, 2.75) is 19.4 Å². The van der Waals surface area contributed by atoms with Gasteiger partial charge in [0, 0.05) is 19.6 Å². The van der Waals surface area contributed by atoms with E-state index in [1.54, 1.807) is 13.2 Å². The summed E-state index contributed by atoms with van der Waals surface area (Å²) in [7, 11) is 1.65. The van der Waals surface area contributed by atoms with Gasteiger partial charge < -0.3 is 15.0 Å². The molecule has 1 atom stereocenters. The summed E-state index contributed by atoms with van der Waals surface area (Å²) >= 11 is 0. The molecule has 5 heteroatoms. The van der Waals surface area contributed by atoms with E-state index in [9.17, 15) is 4.79 Å². The summed E-state index contributed by atoms with van der Waals surface area (Å²) in [4.78, 5) is 14.5. The minimum absolute atomic E-state index is 0. The molecule has 1 aromatic rings. The first kappa shape index (κ1) is 18.5. The molecule has 1 unspecified atom stereocenters. The van der Waals surface area contributed by atoms with Crippen LogP contribution in [0.1, 0.15) is 18.4 Å². The fraction of sp³-hybridized carbons (Fsp3) is 0.471. The highest BCUT2D eigenvalue weighted by Crippen LogP contribution is 2.17. The quantitative estimate of drug-likeness (QED) is 0.818. The first-order valence-electron chi connectivity index (χ1n) is 7.48. The van der Waals surface area contributed by atoms with Gasteiger partial charge in [0.15, 0.2) is 0 Å². The number of rotatable bonds is 6. The Hall–Kier alpha value is -1.52. The third-order valence-electron chi connectivity index (χ3n) is 3.84. The maximum Gasteiger partial charge on any atom is 0.227 e. The Bertz CT molecular complexity index is 470. The molecule has 1 aromatic carbocycles. The Morgan fingerprint density at radius 2 is 2.18 bits per heavy atom. The molecular formula is C17H25ClN2O2. The van der Waals surface area contributed by atoms with Gasteiger partial charge in [-0.25, -0.2) is 0 Å². The number of ether oxygens (including phenoxy) is 1. The summed E-state index contributed by atoms with van der Waals surface area (Å²) in [5.74, 6) is 1.15. The fourth-order valence-corrected chi connectivity index (χ4v) is 2.66. The van der Waals surface area contributed by atoms with Crippen molar-refractivity contribution in [1.29, 1.82) is 0 Å². The second-order valence-corrected chi connectivity index (χ2v) is 5.40. The van der Waals surface area contributed by atoms with Crippen LogP contribution in [0.25, 0.3) is 0 Å². The average molecular weight is 325 g/mol.